The van der Waals surface area contributed by atoms with Crippen LogP contribution in [0.5, 0.6) is 11.5 Å². The fraction of sp³-hybridized carbons (Fsp3) is 0.556. The maximum absolute atomic E-state index is 12.7. The van der Waals surface area contributed by atoms with Crippen molar-refractivity contribution in [1.82, 2.24) is 4.90 Å². The quantitative estimate of drug-likeness (QED) is 0.581. The molecule has 1 aromatic carbocycles. The van der Waals surface area contributed by atoms with Gasteiger partial charge in [-0.15, -0.1) is 0 Å². The first-order chi connectivity index (χ1) is 11.9. The number of nitrogens with zero attached hydrogens (tertiary/aromatic N) is 1. The number of carbonyl (C=O) groups is 2. The van der Waals surface area contributed by atoms with Gasteiger partial charge in [0, 0.05) is 18.0 Å². The summed E-state index contributed by atoms with van der Waals surface area (Å²) in [5.74, 6) is 0.391. The summed E-state index contributed by atoms with van der Waals surface area (Å²) in [7, 11) is 2.00. The number of ketones is 1. The molecule has 2 bridgehead atoms. The Morgan fingerprint density at radius 2 is 2.20 bits per heavy atom. The first-order valence-corrected chi connectivity index (χ1v) is 8.57. The molecule has 2 heterocycles. The van der Waals surface area contributed by atoms with Crippen LogP contribution in [0.1, 0.15) is 30.4 Å². The number of likely N-dealkylation sites (N-methyl/N-ethyl adjacent to an activating group) is 1. The van der Waals surface area contributed by atoms with Crippen LogP contribution in [0.4, 0.5) is 4.79 Å². The number of hydrogen-bond donors (Lipinski definition) is 2. The fourth-order valence-corrected chi connectivity index (χ4v) is 5.70. The molecule has 0 aromatic heterocycles. The third kappa shape index (κ3) is 1.58. The van der Waals surface area contributed by atoms with Crippen LogP contribution in [0, 0.1) is 0 Å². The molecule has 2 aliphatic heterocycles. The molecule has 25 heavy (non-hydrogen) atoms. The van der Waals surface area contributed by atoms with Gasteiger partial charge < -0.3 is 24.6 Å². The predicted molar refractivity (Wildman–Crippen MR) is 85.1 cm³/mol. The molecule has 1 saturated heterocycles. The number of rotatable bonds is 1. The van der Waals surface area contributed by atoms with Gasteiger partial charge in [0.2, 0.25) is 0 Å². The summed E-state index contributed by atoms with van der Waals surface area (Å²) in [5.41, 5.74) is -0.0683. The van der Waals surface area contributed by atoms with Gasteiger partial charge in [-0.1, -0.05) is 6.07 Å². The van der Waals surface area contributed by atoms with Crippen LogP contribution in [0.3, 0.4) is 0 Å². The second-order valence-electron chi connectivity index (χ2n) is 7.61. The molecule has 1 aromatic rings. The highest BCUT2D eigenvalue weighted by Crippen LogP contribution is 2.64. The molecule has 2 fully saturated rings. The van der Waals surface area contributed by atoms with Crippen molar-refractivity contribution in [3.05, 3.63) is 23.3 Å². The maximum atomic E-state index is 12.7. The van der Waals surface area contributed by atoms with Gasteiger partial charge in [-0.3, -0.25) is 4.79 Å². The molecule has 5 rings (SSSR count). The van der Waals surface area contributed by atoms with Crippen molar-refractivity contribution in [3.8, 4) is 11.5 Å². The minimum absolute atomic E-state index is 0.0293. The summed E-state index contributed by atoms with van der Waals surface area (Å²) in [6, 6.07) is 3.35. The minimum atomic E-state index is -1.43. The smallest absolute Gasteiger partial charge is 0.477 e. The van der Waals surface area contributed by atoms with Gasteiger partial charge in [-0.25, -0.2) is 4.79 Å². The number of hydrogen-bond acceptors (Lipinski definition) is 6. The van der Waals surface area contributed by atoms with Crippen LogP contribution in [0.15, 0.2) is 12.1 Å². The summed E-state index contributed by atoms with van der Waals surface area (Å²) in [6.07, 6.45) is -0.270. The van der Waals surface area contributed by atoms with E-state index in [4.69, 9.17) is 14.6 Å². The zero-order chi connectivity index (χ0) is 17.6. The largest absolute Gasteiger partial charge is 0.511 e. The van der Waals surface area contributed by atoms with E-state index in [1.165, 1.54) is 0 Å². The van der Waals surface area contributed by atoms with Crippen LogP contribution in [0.25, 0.3) is 0 Å². The zero-order valence-electron chi connectivity index (χ0n) is 13.8. The lowest BCUT2D eigenvalue weighted by Crippen LogP contribution is -2.76. The Balaban J connectivity index is 1.80. The van der Waals surface area contributed by atoms with Gasteiger partial charge in [-0.05, 0) is 44.5 Å². The molecule has 1 saturated carbocycles. The number of ether oxygens (including phenoxy) is 2. The third-order valence-electron chi connectivity index (χ3n) is 6.71. The van der Waals surface area contributed by atoms with E-state index in [9.17, 15) is 14.7 Å². The Bertz CT molecular complexity index is 822. The Hall–Kier alpha value is -2.12. The molecular formula is C18H19NO6. The highest BCUT2D eigenvalue weighted by Gasteiger charge is 2.72. The molecular weight excluding hydrogens is 326 g/mol. The Morgan fingerprint density at radius 3 is 2.96 bits per heavy atom. The Labute approximate surface area is 144 Å². The van der Waals surface area contributed by atoms with Crippen molar-refractivity contribution in [2.45, 2.75) is 48.8 Å². The highest BCUT2D eigenvalue weighted by molar-refractivity contribution is 5.90. The van der Waals surface area contributed by atoms with Crippen molar-refractivity contribution in [2.24, 2.45) is 0 Å². The summed E-state index contributed by atoms with van der Waals surface area (Å²) < 4.78 is 10.9. The van der Waals surface area contributed by atoms with Crippen molar-refractivity contribution in [3.63, 3.8) is 0 Å². The molecule has 2 aliphatic carbocycles. The topological polar surface area (TPSA) is 96.3 Å². The van der Waals surface area contributed by atoms with Gasteiger partial charge in [0.1, 0.15) is 0 Å². The predicted octanol–water partition coefficient (Wildman–Crippen LogP) is 1.10. The molecule has 2 N–H and O–H groups in total. The lowest BCUT2D eigenvalue weighted by molar-refractivity contribution is -0.185. The van der Waals surface area contributed by atoms with E-state index in [0.717, 1.165) is 17.7 Å². The van der Waals surface area contributed by atoms with Crippen LogP contribution in [-0.4, -0.2) is 58.4 Å². The van der Waals surface area contributed by atoms with Crippen molar-refractivity contribution >= 4 is 11.9 Å². The zero-order valence-corrected chi connectivity index (χ0v) is 13.8. The fourth-order valence-electron chi connectivity index (χ4n) is 5.70. The van der Waals surface area contributed by atoms with Gasteiger partial charge in [0.15, 0.2) is 23.4 Å². The van der Waals surface area contributed by atoms with Crippen molar-refractivity contribution in [1.29, 1.82) is 0 Å². The van der Waals surface area contributed by atoms with Crippen LogP contribution < -0.4 is 9.47 Å². The van der Waals surface area contributed by atoms with E-state index < -0.39 is 23.3 Å². The SMILES string of the molecule is CN1CC[C@]23c4c5ccc(OC(=O)O)c4O[C@H]2C(=O)CC[C@@]3(O)[C@H]1C5. The minimum Gasteiger partial charge on any atom is -0.477 e. The van der Waals surface area contributed by atoms with E-state index in [-0.39, 0.29) is 24.0 Å². The van der Waals surface area contributed by atoms with Crippen LogP contribution in [0.2, 0.25) is 0 Å². The molecule has 4 atom stereocenters. The number of benzene rings is 1. The van der Waals surface area contributed by atoms with E-state index in [1.54, 1.807) is 6.07 Å². The summed E-state index contributed by atoms with van der Waals surface area (Å²) in [5, 5.41) is 20.7. The average Bonchev–Trinajstić information content (AvgIpc) is 2.91. The molecule has 0 radical (unpaired) electrons. The first-order valence-electron chi connectivity index (χ1n) is 8.57. The van der Waals surface area contributed by atoms with Gasteiger partial charge in [0.25, 0.3) is 0 Å². The maximum Gasteiger partial charge on any atom is 0.511 e. The normalized spacial score (nSPS) is 38.1. The number of Topliss-reactive ketones (excluding diaryl/α,β-unsaturated/α-hetero) is 1. The van der Waals surface area contributed by atoms with Crippen LogP contribution >= 0.6 is 0 Å². The van der Waals surface area contributed by atoms with Crippen LogP contribution in [-0.2, 0) is 16.6 Å². The third-order valence-corrected chi connectivity index (χ3v) is 6.71. The number of piperidine rings is 1. The van der Waals surface area contributed by atoms with Gasteiger partial charge >= 0.3 is 6.16 Å². The van der Waals surface area contributed by atoms with Crippen molar-refractivity contribution < 1.29 is 29.3 Å². The summed E-state index contributed by atoms with van der Waals surface area (Å²) in [6.45, 7) is 0.753. The second-order valence-corrected chi connectivity index (χ2v) is 7.61. The second kappa shape index (κ2) is 4.53. The molecule has 1 spiro atoms. The van der Waals surface area contributed by atoms with Gasteiger partial charge in [0.05, 0.1) is 11.0 Å². The highest BCUT2D eigenvalue weighted by atomic mass is 16.7. The molecule has 0 amide bonds. The Kier molecular flexibility index (Phi) is 2.75. The molecule has 4 aliphatic rings. The average molecular weight is 345 g/mol. The lowest BCUT2D eigenvalue weighted by Gasteiger charge is -2.61. The monoisotopic (exact) mass is 345 g/mol. The van der Waals surface area contributed by atoms with Gasteiger partial charge in [-0.2, -0.15) is 0 Å². The van der Waals surface area contributed by atoms with E-state index in [0.29, 0.717) is 25.0 Å². The first kappa shape index (κ1) is 15.2. The molecule has 7 heteroatoms. The Morgan fingerprint density at radius 1 is 1.40 bits per heavy atom. The van der Waals surface area contributed by atoms with E-state index >= 15 is 0 Å². The molecule has 0 unspecified atom stereocenters. The van der Waals surface area contributed by atoms with E-state index in [2.05, 4.69) is 4.90 Å². The van der Waals surface area contributed by atoms with E-state index in [1.807, 2.05) is 13.1 Å². The number of carbonyl (C=O) groups excluding carboxylic acids is 1. The van der Waals surface area contributed by atoms with Crippen molar-refractivity contribution in [2.75, 3.05) is 13.6 Å². The summed E-state index contributed by atoms with van der Waals surface area (Å²) in [4.78, 5) is 25.9. The lowest BCUT2D eigenvalue weighted by atomic mass is 9.49. The molecule has 7 nitrogen and oxygen atoms in total. The standard InChI is InChI=1S/C18H19NO6/c1-19-7-6-17-13-9-2-3-11(24-16(21)22)14(13)25-15(17)10(20)4-5-18(17,23)12(19)8-9/h2-3,12,15,23H,4-8H2,1H3,(H,21,22)/t12-,15+,17+,18-/m1/s1. The number of aliphatic hydroxyl groups is 1. The molecule has 132 valence electrons. The summed E-state index contributed by atoms with van der Waals surface area (Å²) >= 11 is 0. The number of likely N-dealkylation sites (tertiary alicyclic amines) is 1. The number of carboxylic acid groups (broad SMARTS) is 1.